The zero-order valence-electron chi connectivity index (χ0n) is 21.2. The molecule has 200 valence electrons. The maximum Gasteiger partial charge on any atom is 0.264 e. The van der Waals surface area contributed by atoms with Crippen LogP contribution < -0.4 is 14.9 Å². The molecule has 10 heteroatoms. The highest BCUT2D eigenvalue weighted by atomic mass is 35.5. The van der Waals surface area contributed by atoms with Crippen LogP contribution in [-0.4, -0.2) is 46.0 Å². The van der Waals surface area contributed by atoms with Crippen LogP contribution in [0.2, 0.25) is 5.02 Å². The molecule has 0 spiro atoms. The van der Waals surface area contributed by atoms with Gasteiger partial charge >= 0.3 is 0 Å². The Hall–Kier alpha value is -3.40. The van der Waals surface area contributed by atoms with Gasteiger partial charge in [0.2, 0.25) is 5.91 Å². The SMILES string of the molecule is Cc1ccc(S(=O)(=O)N(CC(=O)Nc2ccccc2C(=O)NC[C@H]2CCCO2)c2ccc(Cl)cc2C)cc1. The Morgan fingerprint density at radius 2 is 1.79 bits per heavy atom. The Morgan fingerprint density at radius 1 is 1.05 bits per heavy atom. The Kier molecular flexibility index (Phi) is 8.71. The number of ether oxygens (including phenoxy) is 1. The molecule has 0 radical (unpaired) electrons. The van der Waals surface area contributed by atoms with Gasteiger partial charge in [-0.1, -0.05) is 41.4 Å². The largest absolute Gasteiger partial charge is 0.376 e. The number of amides is 2. The summed E-state index contributed by atoms with van der Waals surface area (Å²) in [6, 6.07) is 17.8. The van der Waals surface area contributed by atoms with Gasteiger partial charge < -0.3 is 15.4 Å². The lowest BCUT2D eigenvalue weighted by atomic mass is 10.1. The summed E-state index contributed by atoms with van der Waals surface area (Å²) in [6.45, 7) is 4.14. The zero-order valence-corrected chi connectivity index (χ0v) is 22.8. The summed E-state index contributed by atoms with van der Waals surface area (Å²) >= 11 is 6.10. The average molecular weight is 556 g/mol. The summed E-state index contributed by atoms with van der Waals surface area (Å²) in [6.07, 6.45) is 1.82. The molecule has 0 unspecified atom stereocenters. The fourth-order valence-electron chi connectivity index (χ4n) is 4.25. The number of aryl methyl sites for hydroxylation is 2. The third-order valence-corrected chi connectivity index (χ3v) is 8.29. The quantitative estimate of drug-likeness (QED) is 0.398. The Labute approximate surface area is 228 Å². The second-order valence-corrected chi connectivity index (χ2v) is 11.5. The summed E-state index contributed by atoms with van der Waals surface area (Å²) in [5.41, 5.74) is 2.38. The zero-order chi connectivity index (χ0) is 27.3. The fraction of sp³-hybridized carbons (Fsp3) is 0.286. The highest BCUT2D eigenvalue weighted by molar-refractivity contribution is 7.92. The average Bonchev–Trinajstić information content (AvgIpc) is 3.41. The van der Waals surface area contributed by atoms with Crippen LogP contribution in [0, 0.1) is 13.8 Å². The van der Waals surface area contributed by atoms with Crippen molar-refractivity contribution >= 4 is 44.8 Å². The van der Waals surface area contributed by atoms with E-state index in [0.29, 0.717) is 29.4 Å². The molecule has 0 saturated carbocycles. The van der Waals surface area contributed by atoms with Crippen molar-refractivity contribution in [2.24, 2.45) is 0 Å². The monoisotopic (exact) mass is 555 g/mol. The van der Waals surface area contributed by atoms with Crippen molar-refractivity contribution in [1.82, 2.24) is 5.32 Å². The summed E-state index contributed by atoms with van der Waals surface area (Å²) < 4.78 is 34.0. The predicted octanol–water partition coefficient (Wildman–Crippen LogP) is 4.70. The first kappa shape index (κ1) is 27.6. The maximum atomic E-state index is 13.7. The number of benzene rings is 3. The molecule has 0 bridgehead atoms. The van der Waals surface area contributed by atoms with E-state index in [-0.39, 0.29) is 28.2 Å². The molecule has 0 aromatic heterocycles. The molecule has 8 nitrogen and oxygen atoms in total. The van der Waals surface area contributed by atoms with Gasteiger partial charge in [0.25, 0.3) is 15.9 Å². The molecule has 3 aromatic rings. The lowest BCUT2D eigenvalue weighted by Gasteiger charge is -2.26. The van der Waals surface area contributed by atoms with Crippen LogP contribution in [0.25, 0.3) is 0 Å². The van der Waals surface area contributed by atoms with E-state index in [1.807, 2.05) is 6.92 Å². The first-order valence-electron chi connectivity index (χ1n) is 12.3. The first-order chi connectivity index (χ1) is 18.1. The molecule has 2 amide bonds. The maximum absolute atomic E-state index is 13.7. The third kappa shape index (κ3) is 6.53. The standard InChI is InChI=1S/C28H30ClN3O5S/c1-19-9-12-23(13-10-19)38(35,36)32(26-14-11-21(29)16-20(26)2)18-27(33)31-25-8-4-3-7-24(25)28(34)30-17-22-6-5-15-37-22/h3-4,7-14,16,22H,5-6,15,17-18H2,1-2H3,(H,30,34)(H,31,33)/t22-/m1/s1. The number of halogens is 1. The molecule has 1 heterocycles. The second-order valence-electron chi connectivity index (χ2n) is 9.19. The van der Waals surface area contributed by atoms with E-state index >= 15 is 0 Å². The van der Waals surface area contributed by atoms with Gasteiger partial charge in [-0.2, -0.15) is 0 Å². The third-order valence-electron chi connectivity index (χ3n) is 6.28. The molecule has 4 rings (SSSR count). The molecule has 1 saturated heterocycles. The van der Waals surface area contributed by atoms with Gasteiger partial charge in [0, 0.05) is 18.2 Å². The molecule has 1 fully saturated rings. The van der Waals surface area contributed by atoms with Gasteiger partial charge in [-0.25, -0.2) is 8.42 Å². The van der Waals surface area contributed by atoms with E-state index in [9.17, 15) is 18.0 Å². The summed E-state index contributed by atoms with van der Waals surface area (Å²) in [5.74, 6) is -0.955. The van der Waals surface area contributed by atoms with Crippen molar-refractivity contribution in [3.63, 3.8) is 0 Å². The Bertz CT molecular complexity index is 1420. The van der Waals surface area contributed by atoms with E-state index in [1.165, 1.54) is 12.1 Å². The summed E-state index contributed by atoms with van der Waals surface area (Å²) in [5, 5.41) is 6.02. The highest BCUT2D eigenvalue weighted by Crippen LogP contribution is 2.29. The van der Waals surface area contributed by atoms with E-state index in [4.69, 9.17) is 16.3 Å². The van der Waals surface area contributed by atoms with Gasteiger partial charge in [-0.15, -0.1) is 0 Å². The number of para-hydroxylation sites is 1. The number of nitrogens with one attached hydrogen (secondary N) is 2. The van der Waals surface area contributed by atoms with E-state index in [2.05, 4.69) is 10.6 Å². The van der Waals surface area contributed by atoms with Crippen molar-refractivity contribution in [2.75, 3.05) is 29.3 Å². The Balaban J connectivity index is 1.58. The molecule has 2 N–H and O–H groups in total. The van der Waals surface area contributed by atoms with Gasteiger partial charge in [-0.3, -0.25) is 13.9 Å². The Morgan fingerprint density at radius 3 is 2.47 bits per heavy atom. The minimum Gasteiger partial charge on any atom is -0.376 e. The summed E-state index contributed by atoms with van der Waals surface area (Å²) in [7, 11) is -4.10. The molecule has 38 heavy (non-hydrogen) atoms. The number of rotatable bonds is 9. The van der Waals surface area contributed by atoms with Gasteiger partial charge in [-0.05, 0) is 74.7 Å². The van der Waals surface area contributed by atoms with Gasteiger partial charge in [0.1, 0.15) is 6.54 Å². The van der Waals surface area contributed by atoms with E-state index < -0.39 is 22.5 Å². The molecular weight excluding hydrogens is 526 g/mol. The molecule has 1 atom stereocenters. The minimum atomic E-state index is -4.10. The van der Waals surface area contributed by atoms with Crippen LogP contribution in [0.4, 0.5) is 11.4 Å². The number of sulfonamides is 1. The van der Waals surface area contributed by atoms with Crippen LogP contribution in [-0.2, 0) is 19.6 Å². The van der Waals surface area contributed by atoms with Crippen molar-refractivity contribution < 1.29 is 22.7 Å². The smallest absolute Gasteiger partial charge is 0.264 e. The minimum absolute atomic E-state index is 0.0242. The molecule has 1 aliphatic heterocycles. The summed E-state index contributed by atoms with van der Waals surface area (Å²) in [4.78, 5) is 26.2. The van der Waals surface area contributed by atoms with Gasteiger partial charge in [0.15, 0.2) is 0 Å². The molecular formula is C28H30ClN3O5S. The first-order valence-corrected chi connectivity index (χ1v) is 14.1. The number of hydrogen-bond donors (Lipinski definition) is 2. The van der Waals surface area contributed by atoms with Crippen molar-refractivity contribution in [1.29, 1.82) is 0 Å². The van der Waals surface area contributed by atoms with Crippen LogP contribution in [0.3, 0.4) is 0 Å². The number of carbonyl (C=O) groups excluding carboxylic acids is 2. The fourth-order valence-corrected chi connectivity index (χ4v) is 5.97. The van der Waals surface area contributed by atoms with Crippen molar-refractivity contribution in [3.8, 4) is 0 Å². The number of hydrogen-bond acceptors (Lipinski definition) is 5. The normalized spacial score (nSPS) is 15.2. The second kappa shape index (κ2) is 12.0. The molecule has 1 aliphatic rings. The van der Waals surface area contributed by atoms with E-state index in [0.717, 1.165) is 22.7 Å². The highest BCUT2D eigenvalue weighted by Gasteiger charge is 2.29. The molecule has 0 aliphatic carbocycles. The number of nitrogens with zero attached hydrogens (tertiary/aromatic N) is 1. The predicted molar refractivity (Wildman–Crippen MR) is 148 cm³/mol. The number of carbonyl (C=O) groups is 2. The van der Waals surface area contributed by atoms with E-state index in [1.54, 1.807) is 61.5 Å². The van der Waals surface area contributed by atoms with Crippen LogP contribution >= 0.6 is 11.6 Å². The van der Waals surface area contributed by atoms with Crippen LogP contribution in [0.1, 0.15) is 34.3 Å². The van der Waals surface area contributed by atoms with Crippen molar-refractivity contribution in [3.05, 3.63) is 88.4 Å². The van der Waals surface area contributed by atoms with Gasteiger partial charge in [0.05, 0.1) is 27.9 Å². The van der Waals surface area contributed by atoms with Crippen molar-refractivity contribution in [2.45, 2.75) is 37.7 Å². The lowest BCUT2D eigenvalue weighted by molar-refractivity contribution is -0.114. The van der Waals surface area contributed by atoms with Crippen LogP contribution in [0.15, 0.2) is 71.6 Å². The molecule has 3 aromatic carbocycles. The topological polar surface area (TPSA) is 105 Å². The van der Waals surface area contributed by atoms with Crippen LogP contribution in [0.5, 0.6) is 0 Å². The lowest BCUT2D eigenvalue weighted by Crippen LogP contribution is -2.39. The number of anilines is 2.